The summed E-state index contributed by atoms with van der Waals surface area (Å²) in [5.41, 5.74) is 3.49. The van der Waals surface area contributed by atoms with Crippen LogP contribution < -0.4 is 15.4 Å². The molecule has 3 amide bonds. The van der Waals surface area contributed by atoms with Gasteiger partial charge in [-0.2, -0.15) is 4.98 Å². The van der Waals surface area contributed by atoms with Crippen LogP contribution in [0.2, 0.25) is 0 Å². The number of carbonyl (C=O) groups is 2. The molecule has 222 valence electrons. The van der Waals surface area contributed by atoms with Crippen LogP contribution in [-0.4, -0.2) is 58.6 Å². The smallest absolute Gasteiger partial charge is 0.406 e. The Hall–Kier alpha value is -4.13. The molecular formula is C29H30F3N5O5. The molecule has 2 atom stereocenters. The number of amides is 3. The van der Waals surface area contributed by atoms with Crippen LogP contribution in [0.15, 0.2) is 40.9 Å². The molecule has 3 aliphatic rings. The number of hydrogen-bond acceptors (Lipinski definition) is 7. The van der Waals surface area contributed by atoms with E-state index in [-0.39, 0.29) is 42.6 Å². The predicted octanol–water partition coefficient (Wildman–Crippen LogP) is 4.22. The van der Waals surface area contributed by atoms with E-state index in [1.165, 1.54) is 18.2 Å². The molecular weight excluding hydrogens is 555 g/mol. The Bertz CT molecular complexity index is 1520. The van der Waals surface area contributed by atoms with E-state index in [0.29, 0.717) is 49.9 Å². The highest BCUT2D eigenvalue weighted by atomic mass is 19.4. The van der Waals surface area contributed by atoms with Gasteiger partial charge in [-0.15, -0.1) is 13.2 Å². The van der Waals surface area contributed by atoms with Gasteiger partial charge in [-0.1, -0.05) is 29.4 Å². The van der Waals surface area contributed by atoms with Crippen molar-refractivity contribution >= 4 is 11.9 Å². The number of benzene rings is 2. The first kappa shape index (κ1) is 28.0. The molecule has 42 heavy (non-hydrogen) atoms. The van der Waals surface area contributed by atoms with E-state index in [4.69, 9.17) is 9.26 Å². The minimum Gasteiger partial charge on any atom is -0.406 e. The SMILES string of the molecule is Cc1noc([C@@H]2C[C@H]2C(=O)NCc2ccc(-c3cccc(OC(F)(F)F)c3)c3c2CN(C(=O)NC2(C)COC2)CC3)n1. The summed E-state index contributed by atoms with van der Waals surface area (Å²) in [6.07, 6.45) is -3.70. The summed E-state index contributed by atoms with van der Waals surface area (Å²) < 4.78 is 53.3. The molecule has 0 unspecified atom stereocenters. The molecule has 3 heterocycles. The highest BCUT2D eigenvalue weighted by molar-refractivity contribution is 5.83. The van der Waals surface area contributed by atoms with Crippen molar-refractivity contribution in [2.75, 3.05) is 19.8 Å². The maximum atomic E-state index is 13.1. The topological polar surface area (TPSA) is 119 Å². The number of rotatable bonds is 7. The van der Waals surface area contributed by atoms with Crippen molar-refractivity contribution in [2.24, 2.45) is 5.92 Å². The van der Waals surface area contributed by atoms with Gasteiger partial charge in [-0.3, -0.25) is 4.79 Å². The summed E-state index contributed by atoms with van der Waals surface area (Å²) in [6.45, 7) is 5.45. The molecule has 3 aromatic rings. The lowest BCUT2D eigenvalue weighted by Crippen LogP contribution is -2.62. The highest BCUT2D eigenvalue weighted by Crippen LogP contribution is 2.47. The summed E-state index contributed by atoms with van der Waals surface area (Å²) >= 11 is 0. The number of carbonyl (C=O) groups excluding carboxylic acids is 2. The van der Waals surface area contributed by atoms with Crippen LogP contribution in [0.25, 0.3) is 11.1 Å². The molecule has 13 heteroatoms. The molecule has 1 saturated heterocycles. The van der Waals surface area contributed by atoms with Crippen LogP contribution >= 0.6 is 0 Å². The Morgan fingerprint density at radius 3 is 2.69 bits per heavy atom. The van der Waals surface area contributed by atoms with Crippen LogP contribution in [0.5, 0.6) is 5.75 Å². The van der Waals surface area contributed by atoms with Crippen molar-refractivity contribution in [3.63, 3.8) is 0 Å². The molecule has 6 rings (SSSR count). The maximum Gasteiger partial charge on any atom is 0.573 e. The Morgan fingerprint density at radius 2 is 2.00 bits per heavy atom. The lowest BCUT2D eigenvalue weighted by Gasteiger charge is -2.41. The average Bonchev–Trinajstić information content (AvgIpc) is 3.62. The van der Waals surface area contributed by atoms with Crippen molar-refractivity contribution in [1.29, 1.82) is 0 Å². The molecule has 1 aromatic heterocycles. The molecule has 0 bridgehead atoms. The fraction of sp³-hybridized carbons (Fsp3) is 0.448. The molecule has 2 aromatic carbocycles. The number of nitrogens with one attached hydrogen (secondary N) is 2. The Balaban J connectivity index is 1.24. The molecule has 1 aliphatic carbocycles. The fourth-order valence-electron chi connectivity index (χ4n) is 5.56. The number of hydrogen-bond donors (Lipinski definition) is 2. The van der Waals surface area contributed by atoms with Gasteiger partial charge in [0.05, 0.1) is 30.6 Å². The van der Waals surface area contributed by atoms with Crippen molar-refractivity contribution in [1.82, 2.24) is 25.7 Å². The van der Waals surface area contributed by atoms with E-state index >= 15 is 0 Å². The molecule has 1 saturated carbocycles. The van der Waals surface area contributed by atoms with Gasteiger partial charge < -0.3 is 29.5 Å². The number of fused-ring (bicyclic) bond motifs is 1. The van der Waals surface area contributed by atoms with Gasteiger partial charge in [-0.05, 0) is 66.6 Å². The zero-order chi connectivity index (χ0) is 29.6. The summed E-state index contributed by atoms with van der Waals surface area (Å²) in [4.78, 5) is 32.0. The van der Waals surface area contributed by atoms with Gasteiger partial charge in [0.2, 0.25) is 11.8 Å². The van der Waals surface area contributed by atoms with Crippen LogP contribution in [0.1, 0.15) is 47.7 Å². The van der Waals surface area contributed by atoms with Gasteiger partial charge in [0.25, 0.3) is 0 Å². The molecule has 0 radical (unpaired) electrons. The first-order chi connectivity index (χ1) is 20.0. The summed E-state index contributed by atoms with van der Waals surface area (Å²) in [7, 11) is 0. The van der Waals surface area contributed by atoms with E-state index < -0.39 is 11.9 Å². The average molecular weight is 586 g/mol. The number of halogens is 3. The first-order valence-electron chi connectivity index (χ1n) is 13.7. The zero-order valence-corrected chi connectivity index (χ0v) is 23.1. The Labute approximate surface area is 239 Å². The number of urea groups is 1. The summed E-state index contributed by atoms with van der Waals surface area (Å²) in [5.74, 6) is 0.167. The molecule has 10 nitrogen and oxygen atoms in total. The largest absolute Gasteiger partial charge is 0.573 e. The summed E-state index contributed by atoms with van der Waals surface area (Å²) in [5, 5.41) is 9.83. The third-order valence-corrected chi connectivity index (χ3v) is 7.87. The van der Waals surface area contributed by atoms with Crippen LogP contribution in [0, 0.1) is 12.8 Å². The van der Waals surface area contributed by atoms with Gasteiger partial charge in [-0.25, -0.2) is 4.79 Å². The van der Waals surface area contributed by atoms with Gasteiger partial charge in [0.15, 0.2) is 5.82 Å². The van der Waals surface area contributed by atoms with Gasteiger partial charge in [0, 0.05) is 19.6 Å². The van der Waals surface area contributed by atoms with E-state index in [2.05, 4.69) is 25.5 Å². The number of ether oxygens (including phenoxy) is 2. The molecule has 2 N–H and O–H groups in total. The number of aromatic nitrogens is 2. The quantitative estimate of drug-likeness (QED) is 0.426. The minimum atomic E-state index is -4.81. The van der Waals surface area contributed by atoms with Crippen LogP contribution in [0.4, 0.5) is 18.0 Å². The number of alkyl halides is 3. The van der Waals surface area contributed by atoms with Gasteiger partial charge in [0.1, 0.15) is 5.75 Å². The Kier molecular flexibility index (Phi) is 7.08. The van der Waals surface area contributed by atoms with Crippen molar-refractivity contribution in [2.45, 2.75) is 57.6 Å². The van der Waals surface area contributed by atoms with Crippen LogP contribution in [-0.2, 0) is 29.0 Å². The molecule has 0 spiro atoms. The number of nitrogens with zero attached hydrogens (tertiary/aromatic N) is 3. The maximum absolute atomic E-state index is 13.1. The second kappa shape index (κ2) is 10.6. The lowest BCUT2D eigenvalue weighted by atomic mass is 9.87. The van der Waals surface area contributed by atoms with E-state index in [1.54, 1.807) is 17.9 Å². The highest BCUT2D eigenvalue weighted by Gasteiger charge is 2.47. The van der Waals surface area contributed by atoms with Crippen molar-refractivity contribution < 1.29 is 36.8 Å². The second-order valence-corrected chi connectivity index (χ2v) is 11.3. The lowest BCUT2D eigenvalue weighted by molar-refractivity contribution is -0.274. The van der Waals surface area contributed by atoms with E-state index in [9.17, 15) is 22.8 Å². The minimum absolute atomic E-state index is 0.107. The third kappa shape index (κ3) is 5.91. The first-order valence-corrected chi connectivity index (χ1v) is 13.7. The standard InChI is InChI=1S/C29H30F3N5O5/c1-16-34-26(42-36-16)23-11-22(23)25(38)33-12-18-6-7-20(17-4-3-5-19(10-17)41-29(30,31)32)21-8-9-37(13-24(18)21)27(39)35-28(2)14-40-15-28/h3-7,10,22-23H,8-9,11-15H2,1-2H3,(H,33,38)(H,35,39)/t22-,23-/m1/s1. The molecule has 2 aliphatic heterocycles. The van der Waals surface area contributed by atoms with E-state index in [0.717, 1.165) is 22.3 Å². The van der Waals surface area contributed by atoms with E-state index in [1.807, 2.05) is 19.1 Å². The second-order valence-electron chi connectivity index (χ2n) is 11.3. The monoisotopic (exact) mass is 585 g/mol. The third-order valence-electron chi connectivity index (χ3n) is 7.87. The fourth-order valence-corrected chi connectivity index (χ4v) is 5.56. The van der Waals surface area contributed by atoms with Crippen molar-refractivity contribution in [3.8, 4) is 16.9 Å². The Morgan fingerprint density at radius 1 is 1.19 bits per heavy atom. The molecule has 2 fully saturated rings. The summed E-state index contributed by atoms with van der Waals surface area (Å²) in [6, 6.07) is 9.32. The number of aryl methyl sites for hydroxylation is 1. The van der Waals surface area contributed by atoms with Crippen LogP contribution in [0.3, 0.4) is 0 Å². The predicted molar refractivity (Wildman–Crippen MR) is 142 cm³/mol. The zero-order valence-electron chi connectivity index (χ0n) is 23.1. The normalized spacial score (nSPS) is 20.7. The van der Waals surface area contributed by atoms with Gasteiger partial charge >= 0.3 is 12.4 Å². The van der Waals surface area contributed by atoms with Crippen molar-refractivity contribution in [3.05, 3.63) is 64.8 Å².